The Morgan fingerprint density at radius 2 is 2.15 bits per heavy atom. The van der Waals surface area contributed by atoms with Gasteiger partial charge in [-0.2, -0.15) is 0 Å². The summed E-state index contributed by atoms with van der Waals surface area (Å²) in [5.41, 5.74) is 6.88. The Labute approximate surface area is 121 Å². The molecule has 0 aliphatic heterocycles. The molecule has 3 aromatic rings. The van der Waals surface area contributed by atoms with Crippen LogP contribution < -0.4 is 11.3 Å². The van der Waals surface area contributed by atoms with E-state index in [1.54, 1.807) is 12.1 Å². The van der Waals surface area contributed by atoms with Gasteiger partial charge in [0.1, 0.15) is 10.8 Å². The second-order valence-electron chi connectivity index (χ2n) is 4.01. The maximum atomic E-state index is 11.5. The molecule has 0 aliphatic rings. The first-order valence-corrected chi connectivity index (χ1v) is 6.45. The highest BCUT2D eigenvalue weighted by molar-refractivity contribution is 9.10. The molecule has 8 heteroatoms. The first-order chi connectivity index (χ1) is 9.65. The zero-order valence-electron chi connectivity index (χ0n) is 10.1. The molecule has 0 saturated heterocycles. The van der Waals surface area contributed by atoms with Gasteiger partial charge < -0.3 is 10.7 Å². The minimum Gasteiger partial charge on any atom is -0.399 e. The molecule has 20 heavy (non-hydrogen) atoms. The molecule has 0 aliphatic carbocycles. The molecule has 7 nitrogen and oxygen atoms in total. The molecule has 3 N–H and O–H groups in total. The van der Waals surface area contributed by atoms with Gasteiger partial charge in [-0.3, -0.25) is 4.79 Å². The molecule has 0 fully saturated rings. The number of anilines is 1. The molecule has 0 bridgehead atoms. The Hall–Kier alpha value is -2.48. The third-order valence-electron chi connectivity index (χ3n) is 2.63. The van der Waals surface area contributed by atoms with Gasteiger partial charge in [0.2, 0.25) is 0 Å². The standard InChI is InChI=1S/C12H9BrN6O/c13-9-11(15-5-16-12(9)20)19-6-17-10(18-19)7-2-1-3-8(14)4-7/h1-6H,14H2,(H,15,16,20). The highest BCUT2D eigenvalue weighted by Crippen LogP contribution is 2.19. The summed E-state index contributed by atoms with van der Waals surface area (Å²) in [5, 5.41) is 4.30. The maximum Gasteiger partial charge on any atom is 0.267 e. The predicted molar refractivity (Wildman–Crippen MR) is 77.3 cm³/mol. The fourth-order valence-corrected chi connectivity index (χ4v) is 2.11. The van der Waals surface area contributed by atoms with Crippen molar-refractivity contribution < 1.29 is 0 Å². The first kappa shape index (κ1) is 12.5. The van der Waals surface area contributed by atoms with Gasteiger partial charge in [0.25, 0.3) is 5.56 Å². The highest BCUT2D eigenvalue weighted by atomic mass is 79.9. The molecule has 0 spiro atoms. The van der Waals surface area contributed by atoms with Crippen LogP contribution in [0.4, 0.5) is 5.69 Å². The van der Waals surface area contributed by atoms with E-state index < -0.39 is 0 Å². The number of hydrogen-bond acceptors (Lipinski definition) is 5. The van der Waals surface area contributed by atoms with Crippen molar-refractivity contribution >= 4 is 21.6 Å². The lowest BCUT2D eigenvalue weighted by Crippen LogP contribution is -2.12. The number of nitrogens with one attached hydrogen (secondary N) is 1. The van der Waals surface area contributed by atoms with Crippen molar-refractivity contribution in [2.45, 2.75) is 0 Å². The molecular weight excluding hydrogens is 324 g/mol. The molecule has 2 heterocycles. The normalized spacial score (nSPS) is 10.7. The second-order valence-corrected chi connectivity index (χ2v) is 4.80. The molecule has 100 valence electrons. The van der Waals surface area contributed by atoms with Crippen LogP contribution in [0.2, 0.25) is 0 Å². The second kappa shape index (κ2) is 4.89. The van der Waals surface area contributed by atoms with Crippen molar-refractivity contribution in [2.24, 2.45) is 0 Å². The number of nitrogens with two attached hydrogens (primary N) is 1. The summed E-state index contributed by atoms with van der Waals surface area (Å²) in [7, 11) is 0. The maximum absolute atomic E-state index is 11.5. The summed E-state index contributed by atoms with van der Waals surface area (Å²) in [5.74, 6) is 0.877. The Morgan fingerprint density at radius 1 is 1.30 bits per heavy atom. The van der Waals surface area contributed by atoms with Gasteiger partial charge >= 0.3 is 0 Å². The van der Waals surface area contributed by atoms with Crippen LogP contribution in [0.3, 0.4) is 0 Å². The van der Waals surface area contributed by atoms with E-state index in [2.05, 4.69) is 36.0 Å². The van der Waals surface area contributed by atoms with Gasteiger partial charge in [-0.1, -0.05) is 12.1 Å². The summed E-state index contributed by atoms with van der Waals surface area (Å²) in [6.45, 7) is 0. The van der Waals surface area contributed by atoms with Gasteiger partial charge in [-0.05, 0) is 28.1 Å². The number of benzene rings is 1. The Bertz CT molecular complexity index is 825. The van der Waals surface area contributed by atoms with Gasteiger partial charge in [0.05, 0.1) is 6.33 Å². The Morgan fingerprint density at radius 3 is 2.95 bits per heavy atom. The predicted octanol–water partition coefficient (Wildman–Crippen LogP) is 1.36. The quantitative estimate of drug-likeness (QED) is 0.690. The van der Waals surface area contributed by atoms with Crippen LogP contribution in [0.1, 0.15) is 0 Å². The van der Waals surface area contributed by atoms with E-state index in [1.807, 2.05) is 12.1 Å². The lowest BCUT2D eigenvalue weighted by Gasteiger charge is -2.00. The number of nitrogens with zero attached hydrogens (tertiary/aromatic N) is 4. The first-order valence-electron chi connectivity index (χ1n) is 5.66. The zero-order chi connectivity index (χ0) is 14.1. The molecule has 3 rings (SSSR count). The van der Waals surface area contributed by atoms with E-state index in [9.17, 15) is 4.79 Å². The number of halogens is 1. The number of aromatic nitrogens is 5. The van der Waals surface area contributed by atoms with Crippen LogP contribution in [0.5, 0.6) is 0 Å². The molecule has 0 atom stereocenters. The Kier molecular flexibility index (Phi) is 3.07. The van der Waals surface area contributed by atoms with Gasteiger partial charge in [-0.15, -0.1) is 5.10 Å². The van der Waals surface area contributed by atoms with Crippen molar-refractivity contribution in [3.63, 3.8) is 0 Å². The minimum atomic E-state index is -0.281. The summed E-state index contributed by atoms with van der Waals surface area (Å²) in [4.78, 5) is 22.2. The molecular formula is C12H9BrN6O. The average molecular weight is 333 g/mol. The molecule has 0 amide bonds. The molecule has 0 radical (unpaired) electrons. The molecule has 2 aromatic heterocycles. The van der Waals surface area contributed by atoms with Crippen LogP contribution in [0.25, 0.3) is 17.2 Å². The summed E-state index contributed by atoms with van der Waals surface area (Å²) in [6.07, 6.45) is 2.80. The Balaban J connectivity index is 2.07. The monoisotopic (exact) mass is 332 g/mol. The largest absolute Gasteiger partial charge is 0.399 e. The highest BCUT2D eigenvalue weighted by Gasteiger charge is 2.11. The smallest absolute Gasteiger partial charge is 0.267 e. The number of H-pyrrole nitrogens is 1. The van der Waals surface area contributed by atoms with Crippen molar-refractivity contribution in [1.82, 2.24) is 24.7 Å². The zero-order valence-corrected chi connectivity index (χ0v) is 11.7. The fourth-order valence-electron chi connectivity index (χ4n) is 1.71. The van der Waals surface area contributed by atoms with Crippen LogP contribution in [0.15, 0.2) is 46.2 Å². The summed E-state index contributed by atoms with van der Waals surface area (Å²) in [6, 6.07) is 7.25. The van der Waals surface area contributed by atoms with Gasteiger partial charge in [-0.25, -0.2) is 14.6 Å². The number of rotatable bonds is 2. The number of hydrogen-bond donors (Lipinski definition) is 2. The van der Waals surface area contributed by atoms with Gasteiger partial charge in [0.15, 0.2) is 11.6 Å². The van der Waals surface area contributed by atoms with E-state index in [-0.39, 0.29) is 5.56 Å². The van der Waals surface area contributed by atoms with E-state index in [0.717, 1.165) is 5.56 Å². The summed E-state index contributed by atoms with van der Waals surface area (Å²) < 4.78 is 1.72. The molecule has 0 saturated carbocycles. The van der Waals surface area contributed by atoms with Crippen molar-refractivity contribution in [2.75, 3.05) is 5.73 Å². The van der Waals surface area contributed by atoms with Gasteiger partial charge in [0, 0.05) is 11.3 Å². The topological polar surface area (TPSA) is 102 Å². The third kappa shape index (κ3) is 2.21. The van der Waals surface area contributed by atoms with E-state index >= 15 is 0 Å². The third-order valence-corrected chi connectivity index (χ3v) is 3.35. The SMILES string of the molecule is Nc1cccc(-c2ncn(-c3nc[nH]c(=O)c3Br)n2)c1. The number of nitrogen functional groups attached to an aromatic ring is 1. The average Bonchev–Trinajstić information content (AvgIpc) is 2.91. The van der Waals surface area contributed by atoms with Crippen molar-refractivity contribution in [3.05, 3.63) is 51.7 Å². The van der Waals surface area contributed by atoms with Crippen LogP contribution in [0, 0.1) is 0 Å². The van der Waals surface area contributed by atoms with E-state index in [4.69, 9.17) is 5.73 Å². The lowest BCUT2D eigenvalue weighted by molar-refractivity contribution is 0.829. The van der Waals surface area contributed by atoms with E-state index in [1.165, 1.54) is 17.3 Å². The minimum absolute atomic E-state index is 0.281. The van der Waals surface area contributed by atoms with Crippen molar-refractivity contribution in [1.29, 1.82) is 0 Å². The molecule has 0 unspecified atom stereocenters. The van der Waals surface area contributed by atoms with Crippen LogP contribution in [-0.2, 0) is 0 Å². The van der Waals surface area contributed by atoms with Crippen LogP contribution >= 0.6 is 15.9 Å². The molecule has 1 aromatic carbocycles. The fraction of sp³-hybridized carbons (Fsp3) is 0. The number of aromatic amines is 1. The van der Waals surface area contributed by atoms with Crippen LogP contribution in [-0.4, -0.2) is 24.7 Å². The van der Waals surface area contributed by atoms with Crippen molar-refractivity contribution in [3.8, 4) is 17.2 Å². The van der Waals surface area contributed by atoms with E-state index in [0.29, 0.717) is 21.8 Å². The lowest BCUT2D eigenvalue weighted by atomic mass is 10.2. The summed E-state index contributed by atoms with van der Waals surface area (Å²) >= 11 is 3.18.